The Hall–Kier alpha value is -1.89. The number of likely N-dealkylation sites (N-methyl/N-ethyl adjacent to an activating group) is 1. The van der Waals surface area contributed by atoms with Gasteiger partial charge in [-0.15, -0.1) is 0 Å². The second kappa shape index (κ2) is 5.24. The molecule has 1 N–H and O–H groups in total. The molecule has 1 saturated heterocycles. The standard InChI is InChI=1S/C13H13F3N2O2/c1-18-11(19)6-10(12(18)20)17-7-8-3-2-4-9(5-8)13(14,15)16/h2-5,10,17H,6-7H2,1H3. The van der Waals surface area contributed by atoms with Gasteiger partial charge in [0.15, 0.2) is 0 Å². The molecule has 1 atom stereocenters. The van der Waals surface area contributed by atoms with E-state index in [-0.39, 0.29) is 24.8 Å². The molecule has 2 amide bonds. The van der Waals surface area contributed by atoms with Gasteiger partial charge in [0.25, 0.3) is 0 Å². The Morgan fingerprint density at radius 3 is 2.60 bits per heavy atom. The quantitative estimate of drug-likeness (QED) is 0.858. The van der Waals surface area contributed by atoms with Gasteiger partial charge >= 0.3 is 6.18 Å². The summed E-state index contributed by atoms with van der Waals surface area (Å²) in [6.45, 7) is 0.0987. The number of hydrogen-bond acceptors (Lipinski definition) is 3. The van der Waals surface area contributed by atoms with Crippen LogP contribution in [-0.4, -0.2) is 29.8 Å². The fourth-order valence-corrected chi connectivity index (χ4v) is 2.01. The average molecular weight is 286 g/mol. The minimum Gasteiger partial charge on any atom is -0.301 e. The van der Waals surface area contributed by atoms with Crippen LogP contribution in [0.25, 0.3) is 0 Å². The highest BCUT2D eigenvalue weighted by atomic mass is 19.4. The van der Waals surface area contributed by atoms with E-state index >= 15 is 0 Å². The first-order valence-electron chi connectivity index (χ1n) is 5.99. The Labute approximate surface area is 113 Å². The molecule has 1 aliphatic rings. The lowest BCUT2D eigenvalue weighted by Crippen LogP contribution is -2.36. The molecule has 0 bridgehead atoms. The number of imide groups is 1. The smallest absolute Gasteiger partial charge is 0.301 e. The van der Waals surface area contributed by atoms with Crippen molar-refractivity contribution >= 4 is 11.8 Å². The van der Waals surface area contributed by atoms with Gasteiger partial charge in [-0.05, 0) is 11.6 Å². The largest absolute Gasteiger partial charge is 0.416 e. The molecule has 0 spiro atoms. The molecule has 0 aromatic heterocycles. The summed E-state index contributed by atoms with van der Waals surface area (Å²) < 4.78 is 37.6. The van der Waals surface area contributed by atoms with Crippen molar-refractivity contribution in [3.8, 4) is 0 Å². The van der Waals surface area contributed by atoms with Crippen LogP contribution in [0.1, 0.15) is 17.5 Å². The number of alkyl halides is 3. The van der Waals surface area contributed by atoms with Gasteiger partial charge in [-0.25, -0.2) is 0 Å². The molecule has 20 heavy (non-hydrogen) atoms. The van der Waals surface area contributed by atoms with E-state index in [4.69, 9.17) is 0 Å². The van der Waals surface area contributed by atoms with Crippen molar-refractivity contribution in [1.29, 1.82) is 0 Å². The number of amides is 2. The van der Waals surface area contributed by atoms with Crippen LogP contribution >= 0.6 is 0 Å². The summed E-state index contributed by atoms with van der Waals surface area (Å²) in [6.07, 6.45) is -4.36. The van der Waals surface area contributed by atoms with Gasteiger partial charge in [0.2, 0.25) is 11.8 Å². The van der Waals surface area contributed by atoms with E-state index in [2.05, 4.69) is 5.32 Å². The van der Waals surface area contributed by atoms with E-state index in [0.29, 0.717) is 5.56 Å². The lowest BCUT2D eigenvalue weighted by atomic mass is 10.1. The van der Waals surface area contributed by atoms with E-state index in [0.717, 1.165) is 17.0 Å². The van der Waals surface area contributed by atoms with Crippen molar-refractivity contribution in [2.75, 3.05) is 7.05 Å². The molecule has 7 heteroatoms. The number of carbonyl (C=O) groups excluding carboxylic acids is 2. The van der Waals surface area contributed by atoms with Crippen molar-refractivity contribution in [1.82, 2.24) is 10.2 Å². The maximum Gasteiger partial charge on any atom is 0.416 e. The monoisotopic (exact) mass is 286 g/mol. The third kappa shape index (κ3) is 2.98. The average Bonchev–Trinajstić information content (AvgIpc) is 2.63. The molecular weight excluding hydrogens is 273 g/mol. The maximum atomic E-state index is 12.5. The van der Waals surface area contributed by atoms with Crippen LogP contribution in [0.4, 0.5) is 13.2 Å². The summed E-state index contributed by atoms with van der Waals surface area (Å²) in [4.78, 5) is 24.0. The molecule has 1 aromatic rings. The third-order valence-electron chi connectivity index (χ3n) is 3.19. The van der Waals surface area contributed by atoms with Crippen LogP contribution in [0.2, 0.25) is 0 Å². The van der Waals surface area contributed by atoms with E-state index in [9.17, 15) is 22.8 Å². The zero-order valence-corrected chi connectivity index (χ0v) is 10.7. The molecule has 2 rings (SSSR count). The minimum atomic E-state index is -4.39. The van der Waals surface area contributed by atoms with Gasteiger partial charge in [0.1, 0.15) is 0 Å². The van der Waals surface area contributed by atoms with Crippen LogP contribution in [0.5, 0.6) is 0 Å². The molecule has 0 radical (unpaired) electrons. The van der Waals surface area contributed by atoms with E-state index < -0.39 is 17.8 Å². The molecule has 108 valence electrons. The summed E-state index contributed by atoms with van der Waals surface area (Å²) in [5, 5.41) is 2.81. The maximum absolute atomic E-state index is 12.5. The highest BCUT2D eigenvalue weighted by Gasteiger charge is 2.35. The Balaban J connectivity index is 2.02. The summed E-state index contributed by atoms with van der Waals surface area (Å²) in [5.74, 6) is -0.654. The van der Waals surface area contributed by atoms with Crippen molar-refractivity contribution in [3.05, 3.63) is 35.4 Å². The topological polar surface area (TPSA) is 49.4 Å². The van der Waals surface area contributed by atoms with Gasteiger partial charge in [-0.1, -0.05) is 18.2 Å². The van der Waals surface area contributed by atoms with Gasteiger partial charge < -0.3 is 5.32 Å². The number of nitrogens with one attached hydrogen (secondary N) is 1. The van der Waals surface area contributed by atoms with Gasteiger partial charge in [0, 0.05) is 13.6 Å². The van der Waals surface area contributed by atoms with Crippen LogP contribution in [0.15, 0.2) is 24.3 Å². The SMILES string of the molecule is CN1C(=O)CC(NCc2cccc(C(F)(F)F)c2)C1=O. The van der Waals surface area contributed by atoms with Crippen LogP contribution < -0.4 is 5.32 Å². The molecular formula is C13H13F3N2O2. The zero-order chi connectivity index (χ0) is 14.9. The molecule has 1 unspecified atom stereocenters. The van der Waals surface area contributed by atoms with E-state index in [1.54, 1.807) is 0 Å². The van der Waals surface area contributed by atoms with Crippen molar-refractivity contribution < 1.29 is 22.8 Å². The number of halogens is 3. The molecule has 1 fully saturated rings. The normalized spacial score (nSPS) is 19.8. The van der Waals surface area contributed by atoms with Crippen LogP contribution in [0.3, 0.4) is 0 Å². The zero-order valence-electron chi connectivity index (χ0n) is 10.7. The molecule has 4 nitrogen and oxygen atoms in total. The number of rotatable bonds is 3. The number of benzene rings is 1. The van der Waals surface area contributed by atoms with Gasteiger partial charge in [-0.2, -0.15) is 13.2 Å². The number of hydrogen-bond donors (Lipinski definition) is 1. The summed E-state index contributed by atoms with van der Waals surface area (Å²) in [5.41, 5.74) is -0.322. The first-order chi connectivity index (χ1) is 9.29. The van der Waals surface area contributed by atoms with E-state index in [1.807, 2.05) is 0 Å². The second-order valence-corrected chi connectivity index (χ2v) is 4.63. The molecule has 1 heterocycles. The first-order valence-corrected chi connectivity index (χ1v) is 5.99. The predicted molar refractivity (Wildman–Crippen MR) is 64.5 cm³/mol. The lowest BCUT2D eigenvalue weighted by Gasteiger charge is -2.12. The fraction of sp³-hybridized carbons (Fsp3) is 0.385. The predicted octanol–water partition coefficient (Wildman–Crippen LogP) is 1.55. The van der Waals surface area contributed by atoms with Gasteiger partial charge in [0.05, 0.1) is 18.0 Å². The molecule has 1 aromatic carbocycles. The second-order valence-electron chi connectivity index (χ2n) is 4.63. The minimum absolute atomic E-state index is 0.0360. The number of likely N-dealkylation sites (tertiary alicyclic amines) is 1. The number of carbonyl (C=O) groups is 2. The summed E-state index contributed by atoms with van der Waals surface area (Å²) in [6, 6.07) is 4.20. The highest BCUT2D eigenvalue weighted by molar-refractivity contribution is 6.05. The highest BCUT2D eigenvalue weighted by Crippen LogP contribution is 2.29. The number of nitrogens with zero attached hydrogens (tertiary/aromatic N) is 1. The Kier molecular flexibility index (Phi) is 3.80. The van der Waals surface area contributed by atoms with Crippen molar-refractivity contribution in [3.63, 3.8) is 0 Å². The molecule has 0 aliphatic carbocycles. The molecule has 0 saturated carbocycles. The lowest BCUT2D eigenvalue weighted by molar-refractivity contribution is -0.138. The third-order valence-corrected chi connectivity index (χ3v) is 3.19. The van der Waals surface area contributed by atoms with Gasteiger partial charge in [-0.3, -0.25) is 14.5 Å². The van der Waals surface area contributed by atoms with E-state index in [1.165, 1.54) is 19.2 Å². The Bertz CT molecular complexity index is 543. The van der Waals surface area contributed by atoms with Crippen LogP contribution in [0, 0.1) is 0 Å². The first kappa shape index (κ1) is 14.5. The van der Waals surface area contributed by atoms with Crippen LogP contribution in [-0.2, 0) is 22.3 Å². The fourth-order valence-electron chi connectivity index (χ4n) is 2.01. The molecule has 1 aliphatic heterocycles. The summed E-state index contributed by atoms with van der Waals surface area (Å²) in [7, 11) is 1.39. The summed E-state index contributed by atoms with van der Waals surface area (Å²) >= 11 is 0. The van der Waals surface area contributed by atoms with Crippen molar-refractivity contribution in [2.24, 2.45) is 0 Å². The Morgan fingerprint density at radius 1 is 1.35 bits per heavy atom. The Morgan fingerprint density at radius 2 is 2.05 bits per heavy atom. The van der Waals surface area contributed by atoms with Crippen molar-refractivity contribution in [2.45, 2.75) is 25.2 Å².